The summed E-state index contributed by atoms with van der Waals surface area (Å²) in [6.07, 6.45) is 2.95. The van der Waals surface area contributed by atoms with Crippen LogP contribution in [-0.4, -0.2) is 52.6 Å². The van der Waals surface area contributed by atoms with Crippen molar-refractivity contribution in [3.05, 3.63) is 95.7 Å². The van der Waals surface area contributed by atoms with Crippen molar-refractivity contribution >= 4 is 29.0 Å². The molecule has 11 nitrogen and oxygen atoms in total. The summed E-state index contributed by atoms with van der Waals surface area (Å²) in [6.45, 7) is 0.371. The second kappa shape index (κ2) is 14.4. The van der Waals surface area contributed by atoms with Gasteiger partial charge in [0, 0.05) is 53.8 Å². The number of amides is 1. The Morgan fingerprint density at radius 3 is 2.48 bits per heavy atom. The molecule has 260 valence electrons. The van der Waals surface area contributed by atoms with Gasteiger partial charge in [-0.15, -0.1) is 0 Å². The molecule has 1 aliphatic rings. The Morgan fingerprint density at radius 1 is 0.960 bits per heavy atom. The molecule has 6 rings (SSSR count). The van der Waals surface area contributed by atoms with Crippen molar-refractivity contribution in [3.8, 4) is 22.8 Å². The maximum absolute atomic E-state index is 13.2. The number of fused-ring (bicyclic) bond motifs is 1. The van der Waals surface area contributed by atoms with Crippen LogP contribution in [0, 0.1) is 5.92 Å². The Morgan fingerprint density at radius 2 is 1.76 bits per heavy atom. The van der Waals surface area contributed by atoms with E-state index >= 15 is 0 Å². The number of ether oxygens (including phenoxy) is 3. The lowest BCUT2D eigenvalue weighted by Crippen LogP contribution is -2.24. The van der Waals surface area contributed by atoms with E-state index in [1.54, 1.807) is 50.7 Å². The first-order valence-corrected chi connectivity index (χ1v) is 15.9. The normalized spacial score (nSPS) is 16.1. The number of benzene rings is 2. The average Bonchev–Trinajstić information content (AvgIpc) is 3.54. The fraction of sp³-hybridized carbons (Fsp3) is 0.306. The number of hydrogen-bond donors (Lipinski definition) is 2. The molecule has 2 atom stereocenters. The van der Waals surface area contributed by atoms with Crippen molar-refractivity contribution in [2.24, 2.45) is 5.92 Å². The smallest absolute Gasteiger partial charge is 0.416 e. The summed E-state index contributed by atoms with van der Waals surface area (Å²) in [5.74, 6) is 1.29. The number of rotatable bonds is 10. The summed E-state index contributed by atoms with van der Waals surface area (Å²) in [4.78, 5) is 39.1. The maximum atomic E-state index is 13.2. The monoisotopic (exact) mass is 688 g/mol. The molecule has 2 aromatic carbocycles. The number of carbonyl (C=O) groups is 2. The Balaban J connectivity index is 1.35. The van der Waals surface area contributed by atoms with Crippen LogP contribution in [0.1, 0.15) is 58.9 Å². The van der Waals surface area contributed by atoms with E-state index in [-0.39, 0.29) is 29.2 Å². The molecule has 50 heavy (non-hydrogen) atoms. The minimum atomic E-state index is -4.57. The van der Waals surface area contributed by atoms with Gasteiger partial charge in [0.05, 0.1) is 32.8 Å². The number of pyridine rings is 1. The largest absolute Gasteiger partial charge is 0.497 e. The number of alkyl halides is 3. The van der Waals surface area contributed by atoms with E-state index in [0.717, 1.165) is 49.0 Å². The highest BCUT2D eigenvalue weighted by molar-refractivity contribution is 6.04. The van der Waals surface area contributed by atoms with E-state index in [4.69, 9.17) is 19.2 Å². The predicted molar refractivity (Wildman–Crippen MR) is 179 cm³/mol. The van der Waals surface area contributed by atoms with Gasteiger partial charge >= 0.3 is 12.1 Å². The first-order valence-electron chi connectivity index (χ1n) is 15.9. The molecule has 14 heteroatoms. The van der Waals surface area contributed by atoms with Crippen LogP contribution in [-0.2, 0) is 22.3 Å². The molecule has 5 aromatic rings. The summed E-state index contributed by atoms with van der Waals surface area (Å²) in [5, 5.41) is 5.87. The van der Waals surface area contributed by atoms with E-state index in [9.17, 15) is 22.8 Å². The molecule has 0 saturated heterocycles. The van der Waals surface area contributed by atoms with Gasteiger partial charge in [-0.2, -0.15) is 13.2 Å². The second-order valence-corrected chi connectivity index (χ2v) is 11.9. The van der Waals surface area contributed by atoms with Gasteiger partial charge in [0.25, 0.3) is 5.91 Å². The zero-order valence-corrected chi connectivity index (χ0v) is 27.6. The van der Waals surface area contributed by atoms with Crippen LogP contribution in [0.25, 0.3) is 16.8 Å². The van der Waals surface area contributed by atoms with Crippen molar-refractivity contribution in [1.82, 2.24) is 19.4 Å². The Labute approximate surface area is 285 Å². The van der Waals surface area contributed by atoms with Crippen LogP contribution in [0.15, 0.2) is 73.2 Å². The van der Waals surface area contributed by atoms with Crippen molar-refractivity contribution < 1.29 is 37.0 Å². The molecule has 1 fully saturated rings. The number of aromatic nitrogens is 4. The number of esters is 1. The number of nitrogens with zero attached hydrogens (tertiary/aromatic N) is 4. The Bertz CT molecular complexity index is 2010. The maximum Gasteiger partial charge on any atom is 0.416 e. The quantitative estimate of drug-likeness (QED) is 0.147. The lowest BCUT2D eigenvalue weighted by atomic mass is 9.81. The highest BCUT2D eigenvalue weighted by Gasteiger charge is 2.33. The molecule has 1 amide bonds. The number of carbonyl (C=O) groups excluding carboxylic acids is 2. The molecule has 0 radical (unpaired) electrons. The number of imidazole rings is 1. The minimum Gasteiger partial charge on any atom is -0.497 e. The topological polar surface area (TPSA) is 129 Å². The molecule has 1 saturated carbocycles. The van der Waals surface area contributed by atoms with Crippen LogP contribution in [0.3, 0.4) is 0 Å². The third kappa shape index (κ3) is 7.19. The summed E-state index contributed by atoms with van der Waals surface area (Å²) in [7, 11) is 4.57. The highest BCUT2D eigenvalue weighted by atomic mass is 19.4. The summed E-state index contributed by atoms with van der Waals surface area (Å²) >= 11 is 0. The predicted octanol–water partition coefficient (Wildman–Crippen LogP) is 7.14. The van der Waals surface area contributed by atoms with Crippen molar-refractivity contribution in [2.75, 3.05) is 32.0 Å². The molecular formula is C36H35F3N6O5. The molecule has 3 heterocycles. The van der Waals surface area contributed by atoms with Gasteiger partial charge in [-0.3, -0.25) is 14.0 Å². The third-order valence-electron chi connectivity index (χ3n) is 8.85. The number of nitrogens with one attached hydrogen (secondary N) is 2. The number of hydrogen-bond acceptors (Lipinski definition) is 9. The second-order valence-electron chi connectivity index (χ2n) is 11.9. The van der Waals surface area contributed by atoms with Gasteiger partial charge in [-0.25, -0.2) is 15.0 Å². The molecule has 0 unspecified atom stereocenters. The molecule has 2 N–H and O–H groups in total. The van der Waals surface area contributed by atoms with Gasteiger partial charge in [0.1, 0.15) is 34.4 Å². The minimum absolute atomic E-state index is 0.0314. The Hall–Kier alpha value is -5.66. The number of methoxy groups -OCH3 is 3. The van der Waals surface area contributed by atoms with E-state index in [0.29, 0.717) is 47.1 Å². The SMILES string of the molecule is COC(=O)[C@@H]1CCC[C@@H](c2nc(-c3ccc(C(=O)Nc4cc(C(F)(F)F)ccn4)cc3)c3c(NCc4ccc(OC)cc4OC)nccn23)C1. The van der Waals surface area contributed by atoms with Crippen molar-refractivity contribution in [1.29, 1.82) is 0 Å². The van der Waals surface area contributed by atoms with Crippen LogP contribution in [0.2, 0.25) is 0 Å². The number of anilines is 2. The van der Waals surface area contributed by atoms with Crippen LogP contribution in [0.5, 0.6) is 11.5 Å². The van der Waals surface area contributed by atoms with Crippen molar-refractivity contribution in [2.45, 2.75) is 44.3 Å². The van der Waals surface area contributed by atoms with Crippen LogP contribution < -0.4 is 20.1 Å². The van der Waals surface area contributed by atoms with E-state index in [1.807, 2.05) is 22.7 Å². The van der Waals surface area contributed by atoms with Crippen LogP contribution in [0.4, 0.5) is 24.8 Å². The van der Waals surface area contributed by atoms with E-state index in [1.165, 1.54) is 7.11 Å². The number of halogens is 3. The van der Waals surface area contributed by atoms with E-state index < -0.39 is 17.6 Å². The molecule has 3 aromatic heterocycles. The van der Waals surface area contributed by atoms with E-state index in [2.05, 4.69) is 20.6 Å². The molecule has 1 aliphatic carbocycles. The Kier molecular flexibility index (Phi) is 9.88. The highest BCUT2D eigenvalue weighted by Crippen LogP contribution is 2.40. The van der Waals surface area contributed by atoms with Gasteiger partial charge < -0.3 is 24.8 Å². The molecule has 0 spiro atoms. The first-order chi connectivity index (χ1) is 24.1. The van der Waals surface area contributed by atoms with Crippen LogP contribution >= 0.6 is 0 Å². The van der Waals surface area contributed by atoms with Gasteiger partial charge in [0.2, 0.25) is 0 Å². The first kappa shape index (κ1) is 34.2. The van der Waals surface area contributed by atoms with Crippen molar-refractivity contribution in [3.63, 3.8) is 0 Å². The summed E-state index contributed by atoms with van der Waals surface area (Å²) in [6, 6.07) is 13.8. The molecule has 0 bridgehead atoms. The molecule has 0 aliphatic heterocycles. The fourth-order valence-corrected chi connectivity index (χ4v) is 6.31. The fourth-order valence-electron chi connectivity index (χ4n) is 6.31. The summed E-state index contributed by atoms with van der Waals surface area (Å²) in [5.41, 5.74) is 2.15. The lowest BCUT2D eigenvalue weighted by molar-refractivity contribution is -0.146. The third-order valence-corrected chi connectivity index (χ3v) is 8.85. The molecular weight excluding hydrogens is 653 g/mol. The lowest BCUT2D eigenvalue weighted by Gasteiger charge is -2.26. The average molecular weight is 689 g/mol. The van der Waals surface area contributed by atoms with Gasteiger partial charge in [0.15, 0.2) is 5.82 Å². The zero-order chi connectivity index (χ0) is 35.4. The zero-order valence-electron chi connectivity index (χ0n) is 27.6. The summed E-state index contributed by atoms with van der Waals surface area (Å²) < 4.78 is 57.5. The van der Waals surface area contributed by atoms with Gasteiger partial charge in [-0.05, 0) is 55.7 Å². The van der Waals surface area contributed by atoms with Gasteiger partial charge in [-0.1, -0.05) is 18.6 Å². The standard InChI is InChI=1S/C36H35F3N6O5/c1-48-27-12-11-25(28(19-27)49-2)20-42-32-31-30(44-33(45(31)16-15-41-32)23-5-4-6-24(17-23)35(47)50-3)21-7-9-22(10-8-21)34(46)43-29-18-26(13-14-40-29)36(37,38)39/h7-16,18-19,23-24H,4-6,17,20H2,1-3H3,(H,41,42)(H,40,43,46)/t23-,24-/m1/s1.